The fraction of sp³-hybridized carbons (Fsp3) is 0.0769. The highest BCUT2D eigenvalue weighted by molar-refractivity contribution is 7.18. The van der Waals surface area contributed by atoms with Crippen LogP contribution in [-0.2, 0) is 0 Å². The number of thiazole rings is 1. The highest BCUT2D eigenvalue weighted by Gasteiger charge is 2.12. The summed E-state index contributed by atoms with van der Waals surface area (Å²) in [6.45, 7) is 1.99. The summed E-state index contributed by atoms with van der Waals surface area (Å²) in [6.07, 6.45) is 1.67. The number of nitrogens with zero attached hydrogens (tertiary/aromatic N) is 5. The van der Waals surface area contributed by atoms with Crippen molar-refractivity contribution in [2.45, 2.75) is 6.92 Å². The van der Waals surface area contributed by atoms with Gasteiger partial charge in [0.15, 0.2) is 17.0 Å². The Labute approximate surface area is 123 Å². The second-order valence-corrected chi connectivity index (χ2v) is 5.87. The van der Waals surface area contributed by atoms with Gasteiger partial charge in [-0.15, -0.1) is 11.3 Å². The number of imidazole rings is 1. The number of rotatable bonds is 1. The largest absolute Gasteiger partial charge is 0.382 e. The lowest BCUT2D eigenvalue weighted by Crippen LogP contribution is -2.02. The van der Waals surface area contributed by atoms with Crippen LogP contribution < -0.4 is 11.5 Å². The molecule has 7 nitrogen and oxygen atoms in total. The number of nitrogens with two attached hydrogens (primary N) is 2. The van der Waals surface area contributed by atoms with E-state index in [1.54, 1.807) is 17.7 Å². The first-order valence-electron chi connectivity index (χ1n) is 6.25. The summed E-state index contributed by atoms with van der Waals surface area (Å²) in [5.74, 6) is 0.419. The van der Waals surface area contributed by atoms with Crippen molar-refractivity contribution >= 4 is 44.5 Å². The zero-order valence-corrected chi connectivity index (χ0v) is 11.9. The van der Waals surface area contributed by atoms with Crippen LogP contribution in [0, 0.1) is 6.92 Å². The number of anilines is 2. The van der Waals surface area contributed by atoms with Gasteiger partial charge in [-0.25, -0.2) is 9.97 Å². The number of hydrogen-bond donors (Lipinski definition) is 2. The van der Waals surface area contributed by atoms with Gasteiger partial charge in [0.2, 0.25) is 5.95 Å². The summed E-state index contributed by atoms with van der Waals surface area (Å²) in [5, 5.41) is 1.04. The van der Waals surface area contributed by atoms with Crippen LogP contribution >= 0.6 is 11.3 Å². The smallest absolute Gasteiger partial charge is 0.224 e. The molecule has 4 rings (SSSR count). The van der Waals surface area contributed by atoms with Crippen LogP contribution in [0.25, 0.3) is 27.1 Å². The van der Waals surface area contributed by atoms with Crippen molar-refractivity contribution < 1.29 is 0 Å². The summed E-state index contributed by atoms with van der Waals surface area (Å²) in [7, 11) is 0. The second kappa shape index (κ2) is 4.13. The molecule has 0 aliphatic carbocycles. The van der Waals surface area contributed by atoms with E-state index >= 15 is 0 Å². The van der Waals surface area contributed by atoms with Crippen molar-refractivity contribution in [2.75, 3.05) is 11.5 Å². The molecule has 4 aromatic rings. The van der Waals surface area contributed by atoms with Crippen LogP contribution in [0.1, 0.15) is 5.01 Å². The molecule has 0 atom stereocenters. The summed E-state index contributed by atoms with van der Waals surface area (Å²) in [6, 6.07) is 6.00. The summed E-state index contributed by atoms with van der Waals surface area (Å²) in [4.78, 5) is 16.9. The summed E-state index contributed by atoms with van der Waals surface area (Å²) in [5.41, 5.74) is 14.6. The van der Waals surface area contributed by atoms with Crippen LogP contribution in [0.5, 0.6) is 0 Å². The molecule has 0 bridgehead atoms. The van der Waals surface area contributed by atoms with Crippen molar-refractivity contribution in [3.8, 4) is 5.69 Å². The van der Waals surface area contributed by atoms with E-state index in [0.29, 0.717) is 11.2 Å². The molecule has 0 saturated heterocycles. The molecular weight excluding hydrogens is 286 g/mol. The van der Waals surface area contributed by atoms with Crippen molar-refractivity contribution in [1.29, 1.82) is 0 Å². The molecule has 0 radical (unpaired) electrons. The first-order chi connectivity index (χ1) is 10.1. The maximum absolute atomic E-state index is 5.83. The van der Waals surface area contributed by atoms with Gasteiger partial charge in [0.05, 0.1) is 20.9 Å². The van der Waals surface area contributed by atoms with Crippen molar-refractivity contribution in [2.24, 2.45) is 0 Å². The number of aryl methyl sites for hydroxylation is 1. The highest BCUT2D eigenvalue weighted by Crippen LogP contribution is 2.26. The lowest BCUT2D eigenvalue weighted by Gasteiger charge is -2.04. The average molecular weight is 297 g/mol. The Kier molecular flexibility index (Phi) is 2.36. The van der Waals surface area contributed by atoms with Gasteiger partial charge in [-0.1, -0.05) is 0 Å². The molecule has 0 fully saturated rings. The molecule has 0 unspecified atom stereocenters. The van der Waals surface area contributed by atoms with Crippen LogP contribution in [0.15, 0.2) is 24.5 Å². The van der Waals surface area contributed by atoms with E-state index < -0.39 is 0 Å². The van der Waals surface area contributed by atoms with E-state index in [0.717, 1.165) is 20.9 Å². The quantitative estimate of drug-likeness (QED) is 0.555. The van der Waals surface area contributed by atoms with Crippen LogP contribution in [0.2, 0.25) is 0 Å². The molecule has 104 valence electrons. The Hall–Kier alpha value is -2.74. The number of nitrogen functional groups attached to an aromatic ring is 2. The SMILES string of the molecule is Cc1nc2ccc(-n3cnc4c(N)nc(N)nc43)cc2s1. The first kappa shape index (κ1) is 12.0. The Morgan fingerprint density at radius 3 is 2.86 bits per heavy atom. The molecule has 0 aliphatic heterocycles. The topological polar surface area (TPSA) is 109 Å². The van der Waals surface area contributed by atoms with E-state index in [1.807, 2.05) is 23.6 Å². The van der Waals surface area contributed by atoms with Gasteiger partial charge in [-0.05, 0) is 25.1 Å². The molecule has 0 saturated carbocycles. The number of aromatic nitrogens is 5. The zero-order chi connectivity index (χ0) is 14.6. The maximum atomic E-state index is 5.83. The molecule has 8 heteroatoms. The third-order valence-electron chi connectivity index (χ3n) is 3.20. The molecule has 1 aromatic carbocycles. The van der Waals surface area contributed by atoms with Gasteiger partial charge in [0.1, 0.15) is 6.33 Å². The molecule has 21 heavy (non-hydrogen) atoms. The van der Waals surface area contributed by atoms with Crippen molar-refractivity contribution in [3.63, 3.8) is 0 Å². The number of hydrogen-bond acceptors (Lipinski definition) is 7. The summed E-state index contributed by atoms with van der Waals surface area (Å²) >= 11 is 1.65. The molecule has 3 heterocycles. The highest BCUT2D eigenvalue weighted by atomic mass is 32.1. The predicted molar refractivity (Wildman–Crippen MR) is 83.4 cm³/mol. The first-order valence-corrected chi connectivity index (χ1v) is 7.07. The minimum atomic E-state index is 0.136. The fourth-order valence-corrected chi connectivity index (χ4v) is 3.17. The molecule has 4 N–H and O–H groups in total. The normalized spacial score (nSPS) is 11.5. The summed E-state index contributed by atoms with van der Waals surface area (Å²) < 4.78 is 2.96. The van der Waals surface area contributed by atoms with Gasteiger partial charge in [0, 0.05) is 0 Å². The zero-order valence-electron chi connectivity index (χ0n) is 11.1. The van der Waals surface area contributed by atoms with Crippen LogP contribution in [0.4, 0.5) is 11.8 Å². The van der Waals surface area contributed by atoms with E-state index in [-0.39, 0.29) is 11.8 Å². The van der Waals surface area contributed by atoms with Crippen LogP contribution in [-0.4, -0.2) is 24.5 Å². The number of fused-ring (bicyclic) bond motifs is 2. The molecule has 0 aliphatic rings. The predicted octanol–water partition coefficient (Wildman–Crippen LogP) is 1.90. The third kappa shape index (κ3) is 1.80. The monoisotopic (exact) mass is 297 g/mol. The maximum Gasteiger partial charge on any atom is 0.224 e. The van der Waals surface area contributed by atoms with Crippen molar-refractivity contribution in [1.82, 2.24) is 24.5 Å². The Bertz CT molecular complexity index is 985. The third-order valence-corrected chi connectivity index (χ3v) is 4.13. The van der Waals surface area contributed by atoms with E-state index in [9.17, 15) is 0 Å². The average Bonchev–Trinajstić information content (AvgIpc) is 2.99. The molecule has 3 aromatic heterocycles. The van der Waals surface area contributed by atoms with Gasteiger partial charge < -0.3 is 11.5 Å². The Balaban J connectivity index is 1.99. The van der Waals surface area contributed by atoms with Crippen molar-refractivity contribution in [3.05, 3.63) is 29.5 Å². The fourth-order valence-electron chi connectivity index (χ4n) is 2.31. The van der Waals surface area contributed by atoms with Gasteiger partial charge in [0.25, 0.3) is 0 Å². The standard InChI is InChI=1S/C13H11N7S/c1-6-17-8-3-2-7(4-9(8)21-6)20-5-16-10-11(14)18-13(15)19-12(10)20/h2-5H,1H3,(H4,14,15,18,19). The minimum absolute atomic E-state index is 0.136. The molecular formula is C13H11N7S. The lowest BCUT2D eigenvalue weighted by molar-refractivity contribution is 1.07. The van der Waals surface area contributed by atoms with E-state index in [2.05, 4.69) is 26.0 Å². The minimum Gasteiger partial charge on any atom is -0.382 e. The van der Waals surface area contributed by atoms with Crippen LogP contribution in [0.3, 0.4) is 0 Å². The van der Waals surface area contributed by atoms with E-state index in [1.165, 1.54) is 0 Å². The van der Waals surface area contributed by atoms with Gasteiger partial charge in [-0.3, -0.25) is 4.57 Å². The second-order valence-electron chi connectivity index (χ2n) is 4.64. The number of benzene rings is 1. The van der Waals surface area contributed by atoms with Gasteiger partial charge >= 0.3 is 0 Å². The Morgan fingerprint density at radius 1 is 1.14 bits per heavy atom. The van der Waals surface area contributed by atoms with E-state index in [4.69, 9.17) is 11.5 Å². The Morgan fingerprint density at radius 2 is 2.00 bits per heavy atom. The molecule has 0 amide bonds. The molecule has 0 spiro atoms. The lowest BCUT2D eigenvalue weighted by atomic mass is 10.3. The van der Waals surface area contributed by atoms with Gasteiger partial charge in [-0.2, -0.15) is 9.97 Å².